The number of allylic oxidation sites excluding steroid dienone is 1. The Bertz CT molecular complexity index is 1120. The van der Waals surface area contributed by atoms with Crippen molar-refractivity contribution in [1.29, 1.82) is 5.26 Å². The summed E-state index contributed by atoms with van der Waals surface area (Å²) in [6, 6.07) is 21.8. The largest absolute Gasteiger partial charge is 0.488 e. The lowest BCUT2D eigenvalue weighted by Crippen LogP contribution is -1.98. The number of halogens is 1. The summed E-state index contributed by atoms with van der Waals surface area (Å²) in [4.78, 5) is 10.5. The van der Waals surface area contributed by atoms with Gasteiger partial charge < -0.3 is 4.74 Å². The number of ether oxygens (including phenoxy) is 1. The Morgan fingerprint density at radius 1 is 1.17 bits per heavy atom. The molecular weight excluding hydrogens is 432 g/mol. The monoisotopic (exact) mass is 448 g/mol. The molecule has 0 saturated heterocycles. The molecule has 0 aliphatic rings. The summed E-state index contributed by atoms with van der Waals surface area (Å²) in [7, 11) is 0. The first kappa shape index (κ1) is 20.3. The van der Waals surface area contributed by atoms with E-state index in [1.54, 1.807) is 24.3 Å². The maximum atomic E-state index is 11.0. The van der Waals surface area contributed by atoms with E-state index < -0.39 is 4.92 Å². The Balaban J connectivity index is 1.89. The molecule has 0 aliphatic heterocycles. The normalized spacial score (nSPS) is 11.0. The van der Waals surface area contributed by atoms with Crippen LogP contribution < -0.4 is 4.74 Å². The predicted molar refractivity (Wildman–Crippen MR) is 116 cm³/mol. The molecule has 0 unspecified atom stereocenters. The smallest absolute Gasteiger partial charge is 0.269 e. The number of non-ortho nitro benzene ring substituents is 1. The zero-order valence-corrected chi connectivity index (χ0v) is 17.2. The van der Waals surface area contributed by atoms with Crippen LogP contribution in [0.25, 0.3) is 11.6 Å². The van der Waals surface area contributed by atoms with Gasteiger partial charge in [0, 0.05) is 22.2 Å². The van der Waals surface area contributed by atoms with E-state index in [0.717, 1.165) is 21.2 Å². The maximum absolute atomic E-state index is 11.0. The summed E-state index contributed by atoms with van der Waals surface area (Å²) in [6.07, 6.45) is 1.78. The van der Waals surface area contributed by atoms with E-state index in [9.17, 15) is 15.4 Å². The van der Waals surface area contributed by atoms with Crippen LogP contribution >= 0.6 is 15.9 Å². The fourth-order valence-corrected chi connectivity index (χ4v) is 3.13. The molecule has 3 aromatic carbocycles. The van der Waals surface area contributed by atoms with E-state index in [2.05, 4.69) is 22.0 Å². The summed E-state index contributed by atoms with van der Waals surface area (Å²) in [5, 5.41) is 20.6. The predicted octanol–water partition coefficient (Wildman–Crippen LogP) is 6.31. The van der Waals surface area contributed by atoms with Crippen LogP contribution in [0.5, 0.6) is 5.75 Å². The fraction of sp³-hybridized carbons (Fsp3) is 0.0870. The lowest BCUT2D eigenvalue weighted by atomic mass is 10.0. The Morgan fingerprint density at radius 3 is 2.62 bits per heavy atom. The van der Waals surface area contributed by atoms with Crippen LogP contribution in [0.3, 0.4) is 0 Å². The molecule has 0 spiro atoms. The molecule has 6 heteroatoms. The fourth-order valence-electron chi connectivity index (χ4n) is 2.75. The molecule has 0 bridgehead atoms. The molecular formula is C23H17BrN2O3. The van der Waals surface area contributed by atoms with Gasteiger partial charge in [0.15, 0.2) is 0 Å². The van der Waals surface area contributed by atoms with E-state index in [1.165, 1.54) is 12.1 Å². The van der Waals surface area contributed by atoms with E-state index in [-0.39, 0.29) is 12.3 Å². The van der Waals surface area contributed by atoms with Gasteiger partial charge in [0.05, 0.1) is 16.6 Å². The molecule has 0 N–H and O–H groups in total. The molecule has 5 nitrogen and oxygen atoms in total. The second-order valence-corrected chi connectivity index (χ2v) is 7.35. The summed E-state index contributed by atoms with van der Waals surface area (Å²) >= 11 is 3.45. The standard InChI is InChI=1S/C23H17BrN2O3/c1-16-5-7-18(8-6-16)20(14-25)12-19-13-21(24)9-10-23(19)29-15-17-3-2-4-22(11-17)26(27)28/h2-13H,15H2,1H3/b20-12-. The van der Waals surface area contributed by atoms with Crippen molar-refractivity contribution >= 4 is 33.3 Å². The van der Waals surface area contributed by atoms with Crippen molar-refractivity contribution in [2.75, 3.05) is 0 Å². The average Bonchev–Trinajstić information content (AvgIpc) is 2.72. The van der Waals surface area contributed by atoms with Crippen molar-refractivity contribution in [2.45, 2.75) is 13.5 Å². The molecule has 3 rings (SSSR count). The molecule has 0 aliphatic carbocycles. The second-order valence-electron chi connectivity index (χ2n) is 6.43. The number of nitriles is 1. The topological polar surface area (TPSA) is 76.2 Å². The zero-order valence-electron chi connectivity index (χ0n) is 15.6. The summed E-state index contributed by atoms with van der Waals surface area (Å²) in [5.74, 6) is 0.583. The molecule has 0 saturated carbocycles. The van der Waals surface area contributed by atoms with Gasteiger partial charge in [-0.15, -0.1) is 0 Å². The third kappa shape index (κ3) is 5.31. The Kier molecular flexibility index (Phi) is 6.43. The molecule has 0 radical (unpaired) electrons. The third-order valence-corrected chi connectivity index (χ3v) is 4.76. The first-order chi connectivity index (χ1) is 14.0. The van der Waals surface area contributed by atoms with E-state index in [0.29, 0.717) is 16.9 Å². The number of hydrogen-bond acceptors (Lipinski definition) is 4. The van der Waals surface area contributed by atoms with Gasteiger partial charge in [-0.05, 0) is 42.3 Å². The third-order valence-electron chi connectivity index (χ3n) is 4.27. The molecule has 0 atom stereocenters. The summed E-state index contributed by atoms with van der Waals surface area (Å²) < 4.78 is 6.77. The molecule has 0 amide bonds. The van der Waals surface area contributed by atoms with E-state index in [4.69, 9.17) is 4.74 Å². The SMILES string of the molecule is Cc1ccc(/C(C#N)=C\c2cc(Br)ccc2OCc2cccc([N+](=O)[O-])c2)cc1. The minimum absolute atomic E-state index is 0.0214. The summed E-state index contributed by atoms with van der Waals surface area (Å²) in [6.45, 7) is 2.17. The van der Waals surface area contributed by atoms with Gasteiger partial charge in [-0.3, -0.25) is 10.1 Å². The molecule has 0 heterocycles. The number of nitro benzene ring substituents is 1. The van der Waals surface area contributed by atoms with Gasteiger partial charge >= 0.3 is 0 Å². The van der Waals surface area contributed by atoms with Crippen molar-refractivity contribution in [1.82, 2.24) is 0 Å². The van der Waals surface area contributed by atoms with Crippen molar-refractivity contribution in [3.63, 3.8) is 0 Å². The first-order valence-electron chi connectivity index (χ1n) is 8.81. The lowest BCUT2D eigenvalue weighted by Gasteiger charge is -2.11. The average molecular weight is 449 g/mol. The zero-order chi connectivity index (χ0) is 20.8. The van der Waals surface area contributed by atoms with Crippen LogP contribution in [0.2, 0.25) is 0 Å². The van der Waals surface area contributed by atoms with Crippen LogP contribution in [0.4, 0.5) is 5.69 Å². The van der Waals surface area contributed by atoms with Crippen LogP contribution in [0.1, 0.15) is 22.3 Å². The second kappa shape index (κ2) is 9.18. The van der Waals surface area contributed by atoms with Crippen LogP contribution in [-0.2, 0) is 6.61 Å². The van der Waals surface area contributed by atoms with E-state index in [1.807, 2.05) is 43.3 Å². The highest BCUT2D eigenvalue weighted by Crippen LogP contribution is 2.29. The van der Waals surface area contributed by atoms with Gasteiger partial charge in [-0.1, -0.05) is 57.9 Å². The maximum Gasteiger partial charge on any atom is 0.269 e. The number of nitrogens with zero attached hydrogens (tertiary/aromatic N) is 2. The minimum Gasteiger partial charge on any atom is -0.488 e. The van der Waals surface area contributed by atoms with Crippen molar-refractivity contribution in [3.8, 4) is 11.8 Å². The van der Waals surface area contributed by atoms with Gasteiger partial charge in [0.2, 0.25) is 0 Å². The Morgan fingerprint density at radius 2 is 1.93 bits per heavy atom. The number of nitro groups is 1. The highest BCUT2D eigenvalue weighted by atomic mass is 79.9. The van der Waals surface area contributed by atoms with Crippen molar-refractivity contribution in [2.24, 2.45) is 0 Å². The Hall–Kier alpha value is -3.43. The summed E-state index contributed by atoms with van der Waals surface area (Å²) in [5.41, 5.74) is 3.91. The quantitative estimate of drug-likeness (QED) is 0.191. The van der Waals surface area contributed by atoms with E-state index >= 15 is 0 Å². The lowest BCUT2D eigenvalue weighted by molar-refractivity contribution is -0.384. The molecule has 0 fully saturated rings. The first-order valence-corrected chi connectivity index (χ1v) is 9.60. The molecule has 29 heavy (non-hydrogen) atoms. The van der Waals surface area contributed by atoms with Crippen LogP contribution in [0, 0.1) is 28.4 Å². The number of aryl methyl sites for hydroxylation is 1. The molecule has 3 aromatic rings. The van der Waals surface area contributed by atoms with Crippen molar-refractivity contribution < 1.29 is 9.66 Å². The number of rotatable bonds is 6. The van der Waals surface area contributed by atoms with Gasteiger partial charge in [-0.2, -0.15) is 5.26 Å². The van der Waals surface area contributed by atoms with Crippen molar-refractivity contribution in [3.05, 3.63) is 104 Å². The minimum atomic E-state index is -0.432. The number of hydrogen-bond donors (Lipinski definition) is 0. The van der Waals surface area contributed by atoms with Crippen LogP contribution in [0.15, 0.2) is 71.2 Å². The number of benzene rings is 3. The van der Waals surface area contributed by atoms with Gasteiger partial charge in [0.25, 0.3) is 5.69 Å². The molecule has 144 valence electrons. The van der Waals surface area contributed by atoms with Gasteiger partial charge in [0.1, 0.15) is 12.4 Å². The highest BCUT2D eigenvalue weighted by molar-refractivity contribution is 9.10. The van der Waals surface area contributed by atoms with Gasteiger partial charge in [-0.25, -0.2) is 0 Å². The molecule has 0 aromatic heterocycles. The highest BCUT2D eigenvalue weighted by Gasteiger charge is 2.09. The van der Waals surface area contributed by atoms with Crippen LogP contribution in [-0.4, -0.2) is 4.92 Å². The Labute approximate surface area is 177 Å².